The molecule has 2 aliphatic rings. The van der Waals surface area contributed by atoms with Crippen LogP contribution >= 0.6 is 0 Å². The third-order valence-corrected chi connectivity index (χ3v) is 11.1. The van der Waals surface area contributed by atoms with Crippen LogP contribution < -0.4 is 16.4 Å². The number of rotatable bonds is 16. The van der Waals surface area contributed by atoms with Crippen molar-refractivity contribution in [2.45, 2.75) is 88.3 Å². The van der Waals surface area contributed by atoms with Gasteiger partial charge in [0.05, 0.1) is 11.4 Å². The van der Waals surface area contributed by atoms with Gasteiger partial charge in [-0.05, 0) is 62.6 Å². The van der Waals surface area contributed by atoms with Crippen molar-refractivity contribution in [1.82, 2.24) is 10.6 Å². The second kappa shape index (κ2) is 13.5. The van der Waals surface area contributed by atoms with E-state index >= 15 is 0 Å². The highest BCUT2D eigenvalue weighted by Crippen LogP contribution is 2.55. The van der Waals surface area contributed by atoms with E-state index in [4.69, 9.17) is 15.2 Å². The van der Waals surface area contributed by atoms with Crippen LogP contribution in [0, 0.1) is 11.8 Å². The van der Waals surface area contributed by atoms with E-state index in [1.807, 2.05) is 43.3 Å². The van der Waals surface area contributed by atoms with Crippen LogP contribution in [0.15, 0.2) is 54.6 Å². The first-order valence-corrected chi connectivity index (χ1v) is 17.5. The number of primary amides is 1. The Hall–Kier alpha value is -3.77. The molecule has 3 amide bonds. The van der Waals surface area contributed by atoms with Crippen molar-refractivity contribution in [3.8, 4) is 11.1 Å². The summed E-state index contributed by atoms with van der Waals surface area (Å²) in [5, 5.41) is 5.12. The van der Waals surface area contributed by atoms with Gasteiger partial charge in [0.1, 0.15) is 17.7 Å². The number of Topliss-reactive ketones (excluding diaryl/α,β-unsaturated/α-hetero) is 1. The van der Waals surface area contributed by atoms with Crippen molar-refractivity contribution in [3.63, 3.8) is 0 Å². The quantitative estimate of drug-likeness (QED) is 0.181. The zero-order chi connectivity index (χ0) is 33.9. The summed E-state index contributed by atoms with van der Waals surface area (Å²) in [7, 11) is -3.98. The van der Waals surface area contributed by atoms with E-state index in [1.165, 1.54) is 20.8 Å². The summed E-state index contributed by atoms with van der Waals surface area (Å²) in [6, 6.07) is 14.6. The Labute approximate surface area is 270 Å². The van der Waals surface area contributed by atoms with Crippen molar-refractivity contribution in [2.75, 3.05) is 12.9 Å². The van der Waals surface area contributed by atoms with Crippen LogP contribution in [0.1, 0.15) is 71.8 Å². The molecule has 2 aromatic carbocycles. The average molecular weight is 655 g/mol. The number of ether oxygens (including phenoxy) is 2. The second-order valence-electron chi connectivity index (χ2n) is 12.8. The van der Waals surface area contributed by atoms with Crippen molar-refractivity contribution >= 4 is 33.5 Å². The van der Waals surface area contributed by atoms with E-state index in [0.29, 0.717) is 17.5 Å². The minimum atomic E-state index is -3.98. The molecule has 1 aliphatic heterocycles. The topological polar surface area (TPSA) is 174 Å². The van der Waals surface area contributed by atoms with E-state index in [-0.39, 0.29) is 30.6 Å². The molecule has 1 aliphatic carbocycles. The number of alkyl carbamates (subject to hydrolysis) is 1. The van der Waals surface area contributed by atoms with Gasteiger partial charge in [0.2, 0.25) is 5.91 Å². The minimum Gasteiger partial charge on any atom is -0.449 e. The van der Waals surface area contributed by atoms with Crippen LogP contribution in [0.25, 0.3) is 11.1 Å². The lowest BCUT2D eigenvalue weighted by Gasteiger charge is -2.34. The molecule has 0 aromatic heterocycles. The molecule has 12 heteroatoms. The summed E-state index contributed by atoms with van der Waals surface area (Å²) in [6.07, 6.45) is 4.05. The van der Waals surface area contributed by atoms with E-state index in [2.05, 4.69) is 10.6 Å². The highest BCUT2D eigenvalue weighted by molar-refractivity contribution is 7.92. The van der Waals surface area contributed by atoms with E-state index in [0.717, 1.165) is 37.5 Å². The Kier molecular flexibility index (Phi) is 10.3. The molecule has 3 atom stereocenters. The molecule has 2 fully saturated rings. The number of nitrogens with two attached hydrogens (primary N) is 1. The van der Waals surface area contributed by atoms with Crippen LogP contribution in [0.3, 0.4) is 0 Å². The predicted molar refractivity (Wildman–Crippen MR) is 173 cm³/mol. The standard InChI is InChI=1S/C34H44N3O8S/c1-6-7-9-18-26(38)27(25-17-13-12-16-24(25)23-14-10-8-11-15-23)34(33(4,45-34)30(35)40)37-29(39)28(32(2,3)46(5,42)43)36-31(41)44-21-22-19-20-22/h8,10-17,22,28H,6-7,9,18-21H2,1-5H3,(H2,35,40)(H,36,41)(H,37,39)/t28-,33-,34+/m1/s1. The number of carbonyl (C=O) groups excluding carboxylic acids is 4. The molecule has 1 saturated carbocycles. The number of sulfone groups is 1. The van der Waals surface area contributed by atoms with Gasteiger partial charge in [-0.2, -0.15) is 0 Å². The van der Waals surface area contributed by atoms with Gasteiger partial charge in [-0.25, -0.2) is 13.2 Å². The van der Waals surface area contributed by atoms with E-state index in [1.54, 1.807) is 18.2 Å². The lowest BCUT2D eigenvalue weighted by atomic mass is 9.77. The molecule has 0 unspecified atom stereocenters. The zero-order valence-electron chi connectivity index (χ0n) is 27.1. The van der Waals surface area contributed by atoms with Crippen molar-refractivity contribution in [2.24, 2.45) is 11.7 Å². The van der Waals surface area contributed by atoms with E-state index in [9.17, 15) is 27.6 Å². The lowest BCUT2D eigenvalue weighted by Crippen LogP contribution is -2.64. The SMILES string of the molecule is CCCCCC(=O)[C](c1ccccc1-c1ccccc1)[C@]1(NC(=O)[C@@H](NC(=O)OCC2CC2)C(C)(C)S(C)(=O)=O)O[C@]1(C)C(N)=O. The summed E-state index contributed by atoms with van der Waals surface area (Å²) < 4.78 is 35.4. The molecule has 46 heavy (non-hydrogen) atoms. The van der Waals surface area contributed by atoms with Crippen molar-refractivity contribution in [1.29, 1.82) is 0 Å². The van der Waals surface area contributed by atoms with Gasteiger partial charge in [0.15, 0.2) is 21.2 Å². The van der Waals surface area contributed by atoms with Gasteiger partial charge >= 0.3 is 6.09 Å². The second-order valence-corrected chi connectivity index (χ2v) is 15.4. The average Bonchev–Trinajstić information content (AvgIpc) is 3.92. The normalized spacial score (nSPS) is 21.7. The summed E-state index contributed by atoms with van der Waals surface area (Å²) in [6.45, 7) is 6.10. The number of amides is 3. The molecule has 249 valence electrons. The fourth-order valence-electron chi connectivity index (χ4n) is 5.42. The van der Waals surface area contributed by atoms with Gasteiger partial charge < -0.3 is 25.8 Å². The summed E-state index contributed by atoms with van der Waals surface area (Å²) >= 11 is 0. The summed E-state index contributed by atoms with van der Waals surface area (Å²) in [5.74, 6) is -2.09. The maximum atomic E-state index is 14.3. The number of benzene rings is 2. The largest absolute Gasteiger partial charge is 0.449 e. The number of carbonyl (C=O) groups is 4. The summed E-state index contributed by atoms with van der Waals surface area (Å²) in [5.41, 5.74) is 3.71. The molecule has 1 radical (unpaired) electrons. The maximum Gasteiger partial charge on any atom is 0.407 e. The Morgan fingerprint density at radius 2 is 1.67 bits per heavy atom. The summed E-state index contributed by atoms with van der Waals surface area (Å²) in [4.78, 5) is 54.3. The van der Waals surface area contributed by atoms with Crippen LogP contribution in [0.2, 0.25) is 0 Å². The number of unbranched alkanes of at least 4 members (excludes halogenated alkanes) is 2. The van der Waals surface area contributed by atoms with Crippen molar-refractivity contribution < 1.29 is 37.1 Å². The lowest BCUT2D eigenvalue weighted by molar-refractivity contribution is -0.126. The Bertz CT molecular complexity index is 1570. The molecule has 2 aromatic rings. The first-order valence-electron chi connectivity index (χ1n) is 15.6. The number of nitrogens with one attached hydrogen (secondary N) is 2. The fourth-order valence-corrected chi connectivity index (χ4v) is 6.02. The molecule has 4 rings (SSSR count). The first kappa shape index (κ1) is 35.1. The van der Waals surface area contributed by atoms with Crippen LogP contribution in [0.4, 0.5) is 4.79 Å². The molecule has 4 N–H and O–H groups in total. The Balaban J connectivity index is 1.82. The Morgan fingerprint density at radius 3 is 2.24 bits per heavy atom. The number of epoxide rings is 1. The fraction of sp³-hybridized carbons (Fsp3) is 0.500. The van der Waals surface area contributed by atoms with Gasteiger partial charge in [0.25, 0.3) is 5.91 Å². The van der Waals surface area contributed by atoms with Gasteiger partial charge in [-0.1, -0.05) is 74.4 Å². The third kappa shape index (κ3) is 7.12. The predicted octanol–water partition coefficient (Wildman–Crippen LogP) is 3.84. The van der Waals surface area contributed by atoms with Gasteiger partial charge in [-0.15, -0.1) is 0 Å². The molecule has 0 bridgehead atoms. The maximum absolute atomic E-state index is 14.3. The zero-order valence-corrected chi connectivity index (χ0v) is 27.9. The molecule has 11 nitrogen and oxygen atoms in total. The smallest absolute Gasteiger partial charge is 0.407 e. The molecule has 0 spiro atoms. The highest BCUT2D eigenvalue weighted by atomic mass is 32.2. The van der Waals surface area contributed by atoms with Crippen LogP contribution in [-0.4, -0.2) is 67.1 Å². The van der Waals surface area contributed by atoms with Crippen LogP contribution in [-0.2, 0) is 33.7 Å². The molecule has 1 heterocycles. The number of hydrogen-bond acceptors (Lipinski definition) is 8. The first-order chi connectivity index (χ1) is 21.6. The number of ketones is 1. The molecule has 1 saturated heterocycles. The van der Waals surface area contributed by atoms with Gasteiger partial charge in [-0.3, -0.25) is 14.4 Å². The van der Waals surface area contributed by atoms with Crippen LogP contribution in [0.5, 0.6) is 0 Å². The minimum absolute atomic E-state index is 0.00456. The molecular weight excluding hydrogens is 610 g/mol. The third-order valence-electron chi connectivity index (χ3n) is 9.00. The van der Waals surface area contributed by atoms with Crippen molar-refractivity contribution in [3.05, 3.63) is 66.1 Å². The molecular formula is C34H44N3O8S. The monoisotopic (exact) mass is 654 g/mol. The van der Waals surface area contributed by atoms with Gasteiger partial charge in [0, 0.05) is 12.7 Å². The number of hydrogen-bond donors (Lipinski definition) is 3. The Morgan fingerprint density at radius 1 is 1.04 bits per heavy atom. The highest BCUT2D eigenvalue weighted by Gasteiger charge is 2.78. The van der Waals surface area contributed by atoms with E-state index < -0.39 is 49.9 Å².